The molecule has 31 heavy (non-hydrogen) atoms. The fraction of sp³-hybridized carbons (Fsp3) is 1.00. The molecule has 0 amide bonds. The predicted octanol–water partition coefficient (Wildman–Crippen LogP) is 0.797. The Balaban J connectivity index is -0.0000000511. The van der Waals surface area contributed by atoms with Crippen LogP contribution in [0.2, 0.25) is 0 Å². The molecule has 0 fully saturated rings. The molecule has 0 aromatic carbocycles. The van der Waals surface area contributed by atoms with Crippen molar-refractivity contribution in [3.05, 3.63) is 5.73 Å². The SMILES string of the molecule is CCC(CO)(CO)CO.CCCN(CCO)CCO.CC[NH-].COCCOC.Cl.[W].[W]. The van der Waals surface area contributed by atoms with E-state index in [-0.39, 0.29) is 87.6 Å². The van der Waals surface area contributed by atoms with Crippen molar-refractivity contribution in [3.8, 4) is 0 Å². The van der Waals surface area contributed by atoms with Gasteiger partial charge in [0.25, 0.3) is 0 Å². The van der Waals surface area contributed by atoms with Gasteiger partial charge in [-0.2, -0.15) is 6.54 Å². The molecule has 9 nitrogen and oxygen atoms in total. The van der Waals surface area contributed by atoms with Crippen LogP contribution in [0.1, 0.15) is 33.6 Å². The number of aliphatic hydroxyl groups excluding tert-OH is 5. The van der Waals surface area contributed by atoms with E-state index in [4.69, 9.17) is 31.3 Å². The van der Waals surface area contributed by atoms with E-state index in [1.807, 2.05) is 11.8 Å². The molecule has 0 atom stereocenters. The van der Waals surface area contributed by atoms with Gasteiger partial charge in [-0.1, -0.05) is 20.8 Å². The maximum absolute atomic E-state index is 8.66. The van der Waals surface area contributed by atoms with Gasteiger partial charge in [-0.15, -0.1) is 12.4 Å². The summed E-state index contributed by atoms with van der Waals surface area (Å²) in [5.74, 6) is 0. The Kier molecular flexibility index (Phi) is 71.6. The van der Waals surface area contributed by atoms with Gasteiger partial charge in [0, 0.05) is 74.9 Å². The third-order valence-corrected chi connectivity index (χ3v) is 3.62. The summed E-state index contributed by atoms with van der Waals surface area (Å²) in [6, 6.07) is 0. The van der Waals surface area contributed by atoms with Gasteiger partial charge in [0.2, 0.25) is 0 Å². The van der Waals surface area contributed by atoms with Crippen molar-refractivity contribution in [3.63, 3.8) is 0 Å². The third-order valence-electron chi connectivity index (χ3n) is 3.62. The van der Waals surface area contributed by atoms with Gasteiger partial charge in [-0.25, -0.2) is 0 Å². The minimum absolute atomic E-state index is 0. The van der Waals surface area contributed by atoms with Crippen molar-refractivity contribution in [2.45, 2.75) is 33.6 Å². The third kappa shape index (κ3) is 42.0. The van der Waals surface area contributed by atoms with Gasteiger partial charge in [0.05, 0.1) is 46.2 Å². The molecule has 12 heteroatoms. The first-order chi connectivity index (χ1) is 13.4. The largest absolute Gasteiger partial charge is 0.678 e. The molecule has 0 saturated heterocycles. The first kappa shape index (κ1) is 49.4. The monoisotopic (exact) mass is 819 g/mol. The molecule has 0 radical (unpaired) electrons. The Morgan fingerprint density at radius 2 is 1.06 bits per heavy atom. The normalized spacial score (nSPS) is 9.29. The van der Waals surface area contributed by atoms with Crippen LogP contribution < -0.4 is 0 Å². The molecule has 0 saturated carbocycles. The van der Waals surface area contributed by atoms with Gasteiger partial charge in [-0.05, 0) is 19.4 Å². The summed E-state index contributed by atoms with van der Waals surface area (Å²) in [5, 5.41) is 43.1. The summed E-state index contributed by atoms with van der Waals surface area (Å²) in [6.45, 7) is 9.78. The first-order valence-electron chi connectivity index (χ1n) is 9.81. The number of rotatable bonds is 13. The van der Waals surface area contributed by atoms with Crippen LogP contribution in [-0.2, 0) is 51.6 Å². The molecule has 6 N–H and O–H groups in total. The van der Waals surface area contributed by atoms with Crippen molar-refractivity contribution in [2.24, 2.45) is 5.41 Å². The topological polar surface area (TPSA) is 147 Å². The van der Waals surface area contributed by atoms with E-state index in [1.165, 1.54) is 0 Å². The quantitative estimate of drug-likeness (QED) is 0.172. The van der Waals surface area contributed by atoms with Crippen molar-refractivity contribution in [2.75, 3.05) is 86.6 Å². The second-order valence-electron chi connectivity index (χ2n) is 5.96. The summed E-state index contributed by atoms with van der Waals surface area (Å²) < 4.78 is 9.31. The fourth-order valence-electron chi connectivity index (χ4n) is 1.59. The van der Waals surface area contributed by atoms with E-state index in [0.717, 1.165) is 13.0 Å². The molecule has 0 spiro atoms. The van der Waals surface area contributed by atoms with Crippen molar-refractivity contribution < 1.29 is 77.1 Å². The van der Waals surface area contributed by atoms with Crippen LogP contribution in [0.25, 0.3) is 5.73 Å². The Morgan fingerprint density at radius 3 is 1.19 bits per heavy atom. The summed E-state index contributed by atoms with van der Waals surface area (Å²) in [7, 11) is 3.30. The van der Waals surface area contributed by atoms with Crippen LogP contribution in [0.3, 0.4) is 0 Å². The molecule has 0 aromatic heterocycles. The fourth-order valence-corrected chi connectivity index (χ4v) is 1.59. The standard InChI is InChI=1S/C7H17NO2.C6H14O3.C4H10O2.C2H6N.ClH.2W/c1-2-3-8(4-6-9)5-7-10;1-2-6(3-7,4-8)5-9;1-5-3-4-6-2;1-2-3;;;/h9-10H,2-7H2,1H3;7-9H,2-5H2,1H3;3-4H2,1-2H3;3H,2H2,1H3;1H;;/q;;;-1;;;. The Labute approximate surface area is 225 Å². The molecule has 0 aliphatic rings. The number of methoxy groups -OCH3 is 2. The van der Waals surface area contributed by atoms with Gasteiger partial charge in [0.1, 0.15) is 0 Å². The van der Waals surface area contributed by atoms with Crippen molar-refractivity contribution >= 4 is 12.4 Å². The zero-order valence-corrected chi connectivity index (χ0v) is 26.6. The maximum Gasteiger partial charge on any atom is 0.0696 e. The first-order valence-corrected chi connectivity index (χ1v) is 9.81. The molecule has 0 aliphatic carbocycles. The summed E-state index contributed by atoms with van der Waals surface area (Å²) in [4.78, 5) is 2.04. The molecule has 0 rings (SSSR count). The molecule has 0 aromatic rings. The van der Waals surface area contributed by atoms with Gasteiger partial charge in [0.15, 0.2) is 0 Å². The molecule has 0 bridgehead atoms. The molecule has 196 valence electrons. The summed E-state index contributed by atoms with van der Waals surface area (Å²) >= 11 is 0. The van der Waals surface area contributed by atoms with Crippen LogP contribution in [0.15, 0.2) is 0 Å². The van der Waals surface area contributed by atoms with E-state index in [9.17, 15) is 0 Å². The number of nitrogens with one attached hydrogen (secondary N) is 1. The van der Waals surface area contributed by atoms with E-state index < -0.39 is 5.41 Å². The van der Waals surface area contributed by atoms with Crippen LogP contribution in [0, 0.1) is 5.41 Å². The molecule has 0 unspecified atom stereocenters. The number of nitrogens with zero attached hydrogens (tertiary/aromatic N) is 1. The average Bonchev–Trinajstić information content (AvgIpc) is 2.71. The number of ether oxygens (including phenoxy) is 2. The molecule has 0 aliphatic heterocycles. The van der Waals surface area contributed by atoms with Crippen LogP contribution in [0.4, 0.5) is 0 Å². The van der Waals surface area contributed by atoms with Crippen LogP contribution in [-0.4, -0.2) is 117 Å². The maximum atomic E-state index is 8.66. The Bertz CT molecular complexity index is 228. The smallest absolute Gasteiger partial charge is 0.0696 e. The van der Waals surface area contributed by atoms with Crippen molar-refractivity contribution in [1.82, 2.24) is 4.90 Å². The zero-order valence-electron chi connectivity index (χ0n) is 19.9. The van der Waals surface area contributed by atoms with Crippen molar-refractivity contribution in [1.29, 1.82) is 0 Å². The molecular formula is C19H48ClN2O7W2-. The summed E-state index contributed by atoms with van der Waals surface area (Å²) in [5.41, 5.74) is 5.54. The Morgan fingerprint density at radius 1 is 0.742 bits per heavy atom. The number of hydrogen-bond donors (Lipinski definition) is 5. The minimum Gasteiger partial charge on any atom is -0.678 e. The summed E-state index contributed by atoms with van der Waals surface area (Å²) in [6.07, 6.45) is 1.66. The minimum atomic E-state index is -0.667. The van der Waals surface area contributed by atoms with Gasteiger partial charge >= 0.3 is 0 Å². The number of aliphatic hydroxyl groups is 5. The van der Waals surface area contributed by atoms with E-state index >= 15 is 0 Å². The van der Waals surface area contributed by atoms with Crippen LogP contribution in [0.5, 0.6) is 0 Å². The van der Waals surface area contributed by atoms with E-state index in [0.29, 0.717) is 39.3 Å². The van der Waals surface area contributed by atoms with Gasteiger partial charge < -0.3 is 40.7 Å². The second-order valence-corrected chi connectivity index (χ2v) is 5.96. The predicted molar refractivity (Wildman–Crippen MR) is 121 cm³/mol. The zero-order chi connectivity index (χ0) is 22.7. The molecule has 0 heterocycles. The number of hydrogen-bond acceptors (Lipinski definition) is 8. The van der Waals surface area contributed by atoms with Crippen LogP contribution >= 0.6 is 12.4 Å². The van der Waals surface area contributed by atoms with E-state index in [2.05, 4.69) is 16.4 Å². The molecular weight excluding hydrogens is 771 g/mol. The average molecular weight is 820 g/mol. The van der Waals surface area contributed by atoms with E-state index in [1.54, 1.807) is 21.1 Å². The Hall–Kier alpha value is 1.31. The second kappa shape index (κ2) is 44.9. The van der Waals surface area contributed by atoms with Gasteiger partial charge in [-0.3, -0.25) is 4.90 Å². The number of halogens is 1.